The third-order valence-electron chi connectivity index (χ3n) is 3.92. The van der Waals surface area contributed by atoms with Gasteiger partial charge in [0.05, 0.1) is 0 Å². The van der Waals surface area contributed by atoms with Crippen molar-refractivity contribution < 1.29 is 0 Å². The third-order valence-corrected chi connectivity index (χ3v) is 5.39. The van der Waals surface area contributed by atoms with E-state index in [2.05, 4.69) is 30.9 Å². The Labute approximate surface area is 79.7 Å². The van der Waals surface area contributed by atoms with E-state index in [4.69, 9.17) is 0 Å². The fraction of sp³-hybridized carbons (Fsp3) is 1.00. The van der Waals surface area contributed by atoms with E-state index >= 15 is 0 Å². The Balaban J connectivity index is 2.16. The van der Waals surface area contributed by atoms with Gasteiger partial charge >= 0.3 is 0 Å². The molecule has 2 heteroatoms. The van der Waals surface area contributed by atoms with Gasteiger partial charge in [-0.1, -0.05) is 13.8 Å². The Morgan fingerprint density at radius 3 is 2.42 bits per heavy atom. The highest BCUT2D eigenvalue weighted by molar-refractivity contribution is 7.99. The number of thioether (sulfide) groups is 1. The predicted molar refractivity (Wildman–Crippen MR) is 55.6 cm³/mol. The van der Waals surface area contributed by atoms with Gasteiger partial charge in [-0.2, -0.15) is 11.8 Å². The van der Waals surface area contributed by atoms with Gasteiger partial charge in [-0.15, -0.1) is 0 Å². The fourth-order valence-corrected chi connectivity index (χ4v) is 4.32. The highest BCUT2D eigenvalue weighted by atomic mass is 32.2. The van der Waals surface area contributed by atoms with Crippen LogP contribution in [0.15, 0.2) is 0 Å². The quantitative estimate of drug-likeness (QED) is 0.619. The summed E-state index contributed by atoms with van der Waals surface area (Å²) in [6, 6.07) is 0. The van der Waals surface area contributed by atoms with Crippen LogP contribution in [0.5, 0.6) is 0 Å². The van der Waals surface area contributed by atoms with Crippen LogP contribution in [-0.4, -0.2) is 24.6 Å². The predicted octanol–water partition coefficient (Wildman–Crippen LogP) is 1.99. The van der Waals surface area contributed by atoms with Gasteiger partial charge in [-0.3, -0.25) is 0 Å². The number of rotatable bonds is 0. The van der Waals surface area contributed by atoms with Crippen molar-refractivity contribution in [3.63, 3.8) is 0 Å². The van der Waals surface area contributed by atoms with Crippen LogP contribution >= 0.6 is 11.8 Å². The van der Waals surface area contributed by atoms with Crippen molar-refractivity contribution in [1.29, 1.82) is 0 Å². The molecule has 0 amide bonds. The maximum Gasteiger partial charge on any atom is 0.00140 e. The van der Waals surface area contributed by atoms with Crippen LogP contribution < -0.4 is 5.32 Å². The lowest BCUT2D eigenvalue weighted by molar-refractivity contribution is 0.138. The zero-order chi connectivity index (χ0) is 8.60. The maximum atomic E-state index is 3.53. The minimum Gasteiger partial charge on any atom is -0.316 e. The van der Waals surface area contributed by atoms with Gasteiger partial charge < -0.3 is 5.32 Å². The van der Waals surface area contributed by atoms with E-state index in [-0.39, 0.29) is 0 Å². The normalized spacial score (nSPS) is 48.5. The molecule has 12 heavy (non-hydrogen) atoms. The lowest BCUT2D eigenvalue weighted by Gasteiger charge is -2.44. The SMILES string of the molecule is CC1CSCC(C)C12CCNC2. The van der Waals surface area contributed by atoms with Crippen molar-refractivity contribution in [2.45, 2.75) is 20.3 Å². The van der Waals surface area contributed by atoms with Crippen LogP contribution in [0.25, 0.3) is 0 Å². The highest BCUT2D eigenvalue weighted by Gasteiger charge is 2.45. The third kappa shape index (κ3) is 1.20. The Kier molecular flexibility index (Phi) is 2.39. The Morgan fingerprint density at radius 2 is 1.92 bits per heavy atom. The monoisotopic (exact) mass is 185 g/mol. The van der Waals surface area contributed by atoms with Gasteiger partial charge in [0.15, 0.2) is 0 Å². The zero-order valence-corrected chi connectivity index (χ0v) is 8.91. The molecule has 0 aromatic rings. The molecule has 2 aliphatic rings. The van der Waals surface area contributed by atoms with Crippen molar-refractivity contribution in [2.24, 2.45) is 17.3 Å². The van der Waals surface area contributed by atoms with Gasteiger partial charge in [0, 0.05) is 6.54 Å². The minimum absolute atomic E-state index is 0.658. The summed E-state index contributed by atoms with van der Waals surface area (Å²) in [5.41, 5.74) is 0.658. The molecule has 2 rings (SSSR count). The summed E-state index contributed by atoms with van der Waals surface area (Å²) < 4.78 is 0. The van der Waals surface area contributed by atoms with Crippen molar-refractivity contribution in [3.05, 3.63) is 0 Å². The summed E-state index contributed by atoms with van der Waals surface area (Å²) in [5, 5.41) is 3.53. The summed E-state index contributed by atoms with van der Waals surface area (Å²) in [6.07, 6.45) is 1.41. The van der Waals surface area contributed by atoms with E-state index < -0.39 is 0 Å². The number of hydrogen-bond acceptors (Lipinski definition) is 2. The fourth-order valence-electron chi connectivity index (χ4n) is 2.81. The van der Waals surface area contributed by atoms with Crippen LogP contribution in [0.1, 0.15) is 20.3 Å². The van der Waals surface area contributed by atoms with Crippen LogP contribution in [0.2, 0.25) is 0 Å². The topological polar surface area (TPSA) is 12.0 Å². The molecule has 2 atom stereocenters. The standard InChI is InChI=1S/C10H19NS/c1-8-5-12-6-9(2)10(8)3-4-11-7-10/h8-9,11H,3-7H2,1-2H3. The molecule has 1 N–H and O–H groups in total. The van der Waals surface area contributed by atoms with Gasteiger partial charge in [0.25, 0.3) is 0 Å². The lowest BCUT2D eigenvalue weighted by Crippen LogP contribution is -2.43. The maximum absolute atomic E-state index is 3.53. The van der Waals surface area contributed by atoms with E-state index in [0.29, 0.717) is 5.41 Å². The Bertz CT molecular complexity index is 151. The van der Waals surface area contributed by atoms with E-state index in [0.717, 1.165) is 11.8 Å². The van der Waals surface area contributed by atoms with E-state index in [1.807, 2.05) is 0 Å². The largest absolute Gasteiger partial charge is 0.316 e. The first-order valence-electron chi connectivity index (χ1n) is 5.04. The molecule has 2 saturated heterocycles. The lowest BCUT2D eigenvalue weighted by atomic mass is 9.68. The summed E-state index contributed by atoms with van der Waals surface area (Å²) in [6.45, 7) is 7.40. The molecule has 2 heterocycles. The Morgan fingerprint density at radius 1 is 1.25 bits per heavy atom. The summed E-state index contributed by atoms with van der Waals surface area (Å²) in [7, 11) is 0. The van der Waals surface area contributed by atoms with Crippen molar-refractivity contribution in [2.75, 3.05) is 24.6 Å². The van der Waals surface area contributed by atoms with Crippen LogP contribution in [0.4, 0.5) is 0 Å². The average Bonchev–Trinajstić information content (AvgIpc) is 2.50. The first-order chi connectivity index (χ1) is 5.76. The minimum atomic E-state index is 0.658. The molecule has 0 radical (unpaired) electrons. The molecular formula is C10H19NS. The molecular weight excluding hydrogens is 166 g/mol. The molecule has 0 saturated carbocycles. The summed E-state index contributed by atoms with van der Waals surface area (Å²) in [5.74, 6) is 4.60. The van der Waals surface area contributed by atoms with Gasteiger partial charge in [-0.05, 0) is 41.7 Å². The first-order valence-corrected chi connectivity index (χ1v) is 6.19. The van der Waals surface area contributed by atoms with Gasteiger partial charge in [-0.25, -0.2) is 0 Å². The van der Waals surface area contributed by atoms with Gasteiger partial charge in [0.1, 0.15) is 0 Å². The molecule has 1 nitrogen and oxygen atoms in total. The second-order valence-electron chi connectivity index (χ2n) is 4.50. The molecule has 1 spiro atoms. The van der Waals surface area contributed by atoms with Crippen LogP contribution in [0.3, 0.4) is 0 Å². The smallest absolute Gasteiger partial charge is 0.00140 e. The first kappa shape index (κ1) is 8.89. The van der Waals surface area contributed by atoms with Gasteiger partial charge in [0.2, 0.25) is 0 Å². The second-order valence-corrected chi connectivity index (χ2v) is 5.57. The summed E-state index contributed by atoms with van der Waals surface area (Å²) >= 11 is 2.14. The summed E-state index contributed by atoms with van der Waals surface area (Å²) in [4.78, 5) is 0. The van der Waals surface area contributed by atoms with E-state index in [1.54, 1.807) is 0 Å². The van der Waals surface area contributed by atoms with Crippen LogP contribution in [-0.2, 0) is 0 Å². The van der Waals surface area contributed by atoms with E-state index in [1.165, 1.54) is 31.0 Å². The molecule has 2 unspecified atom stereocenters. The molecule has 2 aliphatic heterocycles. The zero-order valence-electron chi connectivity index (χ0n) is 8.10. The second kappa shape index (κ2) is 3.22. The molecule has 2 fully saturated rings. The van der Waals surface area contributed by atoms with E-state index in [9.17, 15) is 0 Å². The average molecular weight is 185 g/mol. The molecule has 0 aromatic heterocycles. The van der Waals surface area contributed by atoms with Crippen molar-refractivity contribution in [3.8, 4) is 0 Å². The number of nitrogens with one attached hydrogen (secondary N) is 1. The van der Waals surface area contributed by atoms with Crippen LogP contribution in [0, 0.1) is 17.3 Å². The Hall–Kier alpha value is 0.310. The molecule has 0 aliphatic carbocycles. The number of hydrogen-bond donors (Lipinski definition) is 1. The molecule has 0 bridgehead atoms. The van der Waals surface area contributed by atoms with Crippen molar-refractivity contribution >= 4 is 11.8 Å². The highest BCUT2D eigenvalue weighted by Crippen LogP contribution is 2.47. The molecule has 0 aromatic carbocycles. The molecule has 70 valence electrons. The van der Waals surface area contributed by atoms with Crippen molar-refractivity contribution in [1.82, 2.24) is 5.32 Å².